The summed E-state index contributed by atoms with van der Waals surface area (Å²) in [4.78, 5) is 12.1. The normalized spacial score (nSPS) is 11.9. The summed E-state index contributed by atoms with van der Waals surface area (Å²) in [6, 6.07) is 17.0. The monoisotopic (exact) mass is 369 g/mol. The SMILES string of the molecule is CC(NC(=O)CCCc1nnc(-c2ccccc2)o1)c1cccc(Cl)c1. The molecule has 3 rings (SSSR count). The van der Waals surface area contributed by atoms with E-state index in [-0.39, 0.29) is 11.9 Å². The summed E-state index contributed by atoms with van der Waals surface area (Å²) in [5.74, 6) is 1.03. The lowest BCUT2D eigenvalue weighted by molar-refractivity contribution is -0.121. The van der Waals surface area contributed by atoms with E-state index < -0.39 is 0 Å². The van der Waals surface area contributed by atoms with Crippen LogP contribution in [0.5, 0.6) is 0 Å². The number of hydrogen-bond acceptors (Lipinski definition) is 4. The van der Waals surface area contributed by atoms with Gasteiger partial charge in [0.1, 0.15) is 0 Å². The van der Waals surface area contributed by atoms with Crippen LogP contribution in [-0.4, -0.2) is 16.1 Å². The molecule has 1 atom stereocenters. The quantitative estimate of drug-likeness (QED) is 0.661. The predicted molar refractivity (Wildman–Crippen MR) is 101 cm³/mol. The summed E-state index contributed by atoms with van der Waals surface area (Å²) in [7, 11) is 0. The zero-order valence-electron chi connectivity index (χ0n) is 14.5. The molecular weight excluding hydrogens is 350 g/mol. The Labute approximate surface area is 157 Å². The summed E-state index contributed by atoms with van der Waals surface area (Å²) < 4.78 is 5.65. The largest absolute Gasteiger partial charge is 0.421 e. The smallest absolute Gasteiger partial charge is 0.247 e. The number of nitrogens with zero attached hydrogens (tertiary/aromatic N) is 2. The number of benzene rings is 2. The van der Waals surface area contributed by atoms with Crippen LogP contribution in [0.25, 0.3) is 11.5 Å². The summed E-state index contributed by atoms with van der Waals surface area (Å²) in [5.41, 5.74) is 1.87. The molecule has 0 spiro atoms. The van der Waals surface area contributed by atoms with Crippen LogP contribution < -0.4 is 5.32 Å². The molecule has 1 unspecified atom stereocenters. The first-order chi connectivity index (χ1) is 12.6. The molecule has 0 aliphatic heterocycles. The number of amides is 1. The first kappa shape index (κ1) is 18.1. The number of aryl methyl sites for hydroxylation is 1. The predicted octanol–water partition coefficient (Wildman–Crippen LogP) is 4.59. The Kier molecular flexibility index (Phi) is 6.02. The van der Waals surface area contributed by atoms with Crippen LogP contribution in [0, 0.1) is 0 Å². The summed E-state index contributed by atoms with van der Waals surface area (Å²) in [6.07, 6.45) is 1.61. The molecule has 0 aliphatic rings. The molecule has 26 heavy (non-hydrogen) atoms. The number of carbonyl (C=O) groups is 1. The third kappa shape index (κ3) is 4.92. The van der Waals surface area contributed by atoms with Crippen LogP contribution in [0.4, 0.5) is 0 Å². The van der Waals surface area contributed by atoms with Gasteiger partial charge in [-0.3, -0.25) is 4.79 Å². The minimum atomic E-state index is -0.0886. The number of carbonyl (C=O) groups excluding carboxylic acids is 1. The highest BCUT2D eigenvalue weighted by Gasteiger charge is 2.12. The van der Waals surface area contributed by atoms with Crippen molar-refractivity contribution in [1.29, 1.82) is 0 Å². The van der Waals surface area contributed by atoms with Gasteiger partial charge in [0.05, 0.1) is 6.04 Å². The zero-order valence-corrected chi connectivity index (χ0v) is 15.2. The Balaban J connectivity index is 1.46. The van der Waals surface area contributed by atoms with E-state index in [1.807, 2.05) is 61.5 Å². The lowest BCUT2D eigenvalue weighted by Crippen LogP contribution is -2.26. The lowest BCUT2D eigenvalue weighted by Gasteiger charge is -2.14. The molecule has 0 aliphatic carbocycles. The van der Waals surface area contributed by atoms with Gasteiger partial charge in [0.25, 0.3) is 0 Å². The molecule has 1 aromatic heterocycles. The average Bonchev–Trinajstić information content (AvgIpc) is 3.11. The molecular formula is C20H20ClN3O2. The summed E-state index contributed by atoms with van der Waals surface area (Å²) in [6.45, 7) is 1.94. The van der Waals surface area contributed by atoms with Crippen molar-refractivity contribution < 1.29 is 9.21 Å². The maximum absolute atomic E-state index is 12.1. The van der Waals surface area contributed by atoms with Crippen LogP contribution in [0.1, 0.15) is 37.3 Å². The molecule has 0 fully saturated rings. The van der Waals surface area contributed by atoms with Crippen LogP contribution in [0.2, 0.25) is 5.02 Å². The topological polar surface area (TPSA) is 68.0 Å². The second-order valence-corrected chi connectivity index (χ2v) is 6.50. The Hall–Kier alpha value is -2.66. The van der Waals surface area contributed by atoms with Crippen molar-refractivity contribution in [2.45, 2.75) is 32.2 Å². The van der Waals surface area contributed by atoms with Crippen molar-refractivity contribution in [3.63, 3.8) is 0 Å². The van der Waals surface area contributed by atoms with Gasteiger partial charge in [-0.05, 0) is 43.2 Å². The third-order valence-electron chi connectivity index (χ3n) is 4.01. The highest BCUT2D eigenvalue weighted by atomic mass is 35.5. The van der Waals surface area contributed by atoms with Crippen LogP contribution in [0.3, 0.4) is 0 Å². The van der Waals surface area contributed by atoms with E-state index in [0.717, 1.165) is 11.1 Å². The van der Waals surface area contributed by atoms with E-state index in [2.05, 4.69) is 15.5 Å². The molecule has 0 saturated carbocycles. The van der Waals surface area contributed by atoms with Crippen molar-refractivity contribution in [3.05, 3.63) is 71.1 Å². The van der Waals surface area contributed by atoms with Gasteiger partial charge in [0.15, 0.2) is 0 Å². The van der Waals surface area contributed by atoms with Crippen LogP contribution >= 0.6 is 11.6 Å². The summed E-state index contributed by atoms with van der Waals surface area (Å²) >= 11 is 5.99. The molecule has 1 amide bonds. The third-order valence-corrected chi connectivity index (χ3v) is 4.24. The van der Waals surface area contributed by atoms with Crippen molar-refractivity contribution >= 4 is 17.5 Å². The van der Waals surface area contributed by atoms with Crippen molar-refractivity contribution in [1.82, 2.24) is 15.5 Å². The average molecular weight is 370 g/mol. The van der Waals surface area contributed by atoms with Gasteiger partial charge in [-0.2, -0.15) is 0 Å². The molecule has 5 nitrogen and oxygen atoms in total. The van der Waals surface area contributed by atoms with Gasteiger partial charge < -0.3 is 9.73 Å². The molecule has 1 N–H and O–H groups in total. The fourth-order valence-electron chi connectivity index (χ4n) is 2.63. The molecule has 0 radical (unpaired) electrons. The van der Waals surface area contributed by atoms with Crippen molar-refractivity contribution in [2.24, 2.45) is 0 Å². The van der Waals surface area contributed by atoms with E-state index in [0.29, 0.717) is 36.1 Å². The van der Waals surface area contributed by atoms with E-state index in [1.165, 1.54) is 0 Å². The second-order valence-electron chi connectivity index (χ2n) is 6.06. The van der Waals surface area contributed by atoms with E-state index in [9.17, 15) is 4.79 Å². The summed E-state index contributed by atoms with van der Waals surface area (Å²) in [5, 5.41) is 11.7. The van der Waals surface area contributed by atoms with Crippen molar-refractivity contribution in [3.8, 4) is 11.5 Å². The van der Waals surface area contributed by atoms with E-state index >= 15 is 0 Å². The minimum Gasteiger partial charge on any atom is -0.421 e. The van der Waals surface area contributed by atoms with Gasteiger partial charge in [0.2, 0.25) is 17.7 Å². The highest BCUT2D eigenvalue weighted by Crippen LogP contribution is 2.19. The van der Waals surface area contributed by atoms with Crippen LogP contribution in [-0.2, 0) is 11.2 Å². The zero-order chi connectivity index (χ0) is 18.4. The lowest BCUT2D eigenvalue weighted by atomic mass is 10.1. The maximum Gasteiger partial charge on any atom is 0.247 e. The first-order valence-electron chi connectivity index (χ1n) is 8.54. The number of nitrogens with one attached hydrogen (secondary N) is 1. The molecule has 134 valence electrons. The van der Waals surface area contributed by atoms with E-state index in [1.54, 1.807) is 0 Å². The fraction of sp³-hybridized carbons (Fsp3) is 0.250. The number of rotatable bonds is 7. The number of halogens is 1. The number of hydrogen-bond donors (Lipinski definition) is 1. The van der Waals surface area contributed by atoms with Gasteiger partial charge in [-0.1, -0.05) is 41.9 Å². The molecule has 2 aromatic carbocycles. The van der Waals surface area contributed by atoms with Crippen molar-refractivity contribution in [2.75, 3.05) is 0 Å². The minimum absolute atomic E-state index is 0.0136. The molecule has 1 heterocycles. The van der Waals surface area contributed by atoms with Gasteiger partial charge >= 0.3 is 0 Å². The first-order valence-corrected chi connectivity index (χ1v) is 8.92. The van der Waals surface area contributed by atoms with Gasteiger partial charge in [-0.25, -0.2) is 0 Å². The molecule has 0 bridgehead atoms. The van der Waals surface area contributed by atoms with Gasteiger partial charge in [0, 0.05) is 23.4 Å². The Bertz CT molecular complexity index is 864. The number of aromatic nitrogens is 2. The second kappa shape index (κ2) is 8.63. The molecule has 6 heteroatoms. The molecule has 0 saturated heterocycles. The van der Waals surface area contributed by atoms with E-state index in [4.69, 9.17) is 16.0 Å². The fourth-order valence-corrected chi connectivity index (χ4v) is 2.82. The standard InChI is InChI=1S/C20H20ClN3O2/c1-14(16-9-5-10-17(21)13-16)22-18(25)11-6-12-19-23-24-20(26-19)15-7-3-2-4-8-15/h2-5,7-10,13-14H,6,11-12H2,1H3,(H,22,25). The maximum atomic E-state index is 12.1. The Morgan fingerprint density at radius 2 is 1.96 bits per heavy atom. The van der Waals surface area contributed by atoms with Crippen LogP contribution in [0.15, 0.2) is 59.0 Å². The molecule has 3 aromatic rings. The van der Waals surface area contributed by atoms with Gasteiger partial charge in [-0.15, -0.1) is 10.2 Å². The Morgan fingerprint density at radius 1 is 1.15 bits per heavy atom. The highest BCUT2D eigenvalue weighted by molar-refractivity contribution is 6.30. The Morgan fingerprint density at radius 3 is 2.73 bits per heavy atom.